The number of hydrogen-bond acceptors (Lipinski definition) is 5. The molecule has 6 nitrogen and oxygen atoms in total. The molecule has 0 radical (unpaired) electrons. The van der Waals surface area contributed by atoms with Crippen LogP contribution in [0.5, 0.6) is 0 Å². The third kappa shape index (κ3) is 4.03. The zero-order chi connectivity index (χ0) is 18.5. The first kappa shape index (κ1) is 17.5. The van der Waals surface area contributed by atoms with E-state index >= 15 is 0 Å². The molecule has 0 saturated heterocycles. The van der Waals surface area contributed by atoms with Gasteiger partial charge >= 0.3 is 0 Å². The number of rotatable bonds is 5. The van der Waals surface area contributed by atoms with Crippen LogP contribution in [0.15, 0.2) is 60.8 Å². The normalized spacial score (nSPS) is 11.7. The first-order valence-electron chi connectivity index (χ1n) is 8.34. The second-order valence-electron chi connectivity index (χ2n) is 6.12. The van der Waals surface area contributed by atoms with Crippen LogP contribution in [0.3, 0.4) is 0 Å². The van der Waals surface area contributed by atoms with E-state index in [2.05, 4.69) is 20.3 Å². The summed E-state index contributed by atoms with van der Waals surface area (Å²) in [6.45, 7) is 1.82. The number of amides is 1. The summed E-state index contributed by atoms with van der Waals surface area (Å²) in [6, 6.07) is 16.5. The maximum atomic E-state index is 12.7. The lowest BCUT2D eigenvalue weighted by Crippen LogP contribution is -2.32. The van der Waals surface area contributed by atoms with Crippen LogP contribution in [0.2, 0.25) is 0 Å². The topological polar surface area (TPSA) is 71.0 Å². The van der Waals surface area contributed by atoms with Crippen LogP contribution in [-0.4, -0.2) is 39.9 Å². The highest BCUT2D eigenvalue weighted by molar-refractivity contribution is 5.85. The number of anilines is 1. The van der Waals surface area contributed by atoms with Crippen LogP contribution < -0.4 is 5.32 Å². The average Bonchev–Trinajstić information content (AvgIpc) is 2.66. The van der Waals surface area contributed by atoms with Crippen LogP contribution in [0.4, 0.5) is 5.82 Å². The molecule has 0 aliphatic rings. The highest BCUT2D eigenvalue weighted by Gasteiger charge is 2.23. The monoisotopic (exact) mass is 347 g/mol. The molecule has 0 fully saturated rings. The smallest absolute Gasteiger partial charge is 0.249 e. The van der Waals surface area contributed by atoms with E-state index < -0.39 is 6.04 Å². The molecule has 132 valence electrons. The molecule has 3 rings (SSSR count). The molecule has 1 atom stereocenters. The lowest BCUT2D eigenvalue weighted by atomic mass is 10.1. The summed E-state index contributed by atoms with van der Waals surface area (Å²) < 4.78 is 0. The van der Waals surface area contributed by atoms with Gasteiger partial charge in [0.25, 0.3) is 0 Å². The average molecular weight is 347 g/mol. The van der Waals surface area contributed by atoms with E-state index in [1.165, 1.54) is 0 Å². The molecule has 0 saturated carbocycles. The van der Waals surface area contributed by atoms with E-state index in [9.17, 15) is 4.79 Å². The summed E-state index contributed by atoms with van der Waals surface area (Å²) in [5.74, 6) is 1.15. The van der Waals surface area contributed by atoms with Crippen LogP contribution >= 0.6 is 0 Å². The maximum absolute atomic E-state index is 12.7. The molecule has 6 heteroatoms. The minimum absolute atomic E-state index is 0.0492. The highest BCUT2D eigenvalue weighted by Crippen LogP contribution is 2.23. The van der Waals surface area contributed by atoms with Gasteiger partial charge in [0.2, 0.25) is 5.91 Å². The fraction of sp³-hybridized carbons (Fsp3) is 0.200. The molecule has 26 heavy (non-hydrogen) atoms. The number of nitrogens with one attached hydrogen (secondary N) is 1. The Bertz CT molecular complexity index is 881. The second kappa shape index (κ2) is 7.74. The Morgan fingerprint density at radius 3 is 2.38 bits per heavy atom. The maximum Gasteiger partial charge on any atom is 0.249 e. The van der Waals surface area contributed by atoms with Crippen LogP contribution in [0.1, 0.15) is 17.4 Å². The van der Waals surface area contributed by atoms with E-state index in [4.69, 9.17) is 0 Å². The van der Waals surface area contributed by atoms with Crippen molar-refractivity contribution < 1.29 is 4.79 Å². The van der Waals surface area contributed by atoms with Crippen molar-refractivity contribution in [2.75, 3.05) is 19.4 Å². The molecule has 3 aromatic rings. The fourth-order valence-corrected chi connectivity index (χ4v) is 2.63. The van der Waals surface area contributed by atoms with Crippen LogP contribution in [0, 0.1) is 6.92 Å². The summed E-state index contributed by atoms with van der Waals surface area (Å²) in [4.78, 5) is 27.5. The summed E-state index contributed by atoms with van der Waals surface area (Å²) in [6.07, 6.45) is 1.72. The van der Waals surface area contributed by atoms with Gasteiger partial charge in [-0.25, -0.2) is 9.97 Å². The van der Waals surface area contributed by atoms with E-state index in [1.54, 1.807) is 25.2 Å². The Kier molecular flexibility index (Phi) is 5.22. The van der Waals surface area contributed by atoms with Gasteiger partial charge < -0.3 is 10.2 Å². The van der Waals surface area contributed by atoms with Crippen molar-refractivity contribution in [1.29, 1.82) is 0 Å². The molecular weight excluding hydrogens is 326 g/mol. The Morgan fingerprint density at radius 2 is 1.73 bits per heavy atom. The number of aromatic nitrogens is 3. The molecular formula is C20H21N5O. The standard InChI is InChI=1S/C20H21N5O/c1-14-22-17(16-11-7-8-12-21-16)13-18(23-14)24-19(20(26)25(2)3)15-9-5-4-6-10-15/h4-13,19H,1-3H3,(H,22,23,24). The van der Waals surface area contributed by atoms with Gasteiger partial charge in [-0.2, -0.15) is 0 Å². The fourth-order valence-electron chi connectivity index (χ4n) is 2.63. The minimum atomic E-state index is -0.530. The van der Waals surface area contributed by atoms with Gasteiger partial charge in [-0.3, -0.25) is 9.78 Å². The van der Waals surface area contributed by atoms with Gasteiger partial charge in [0.1, 0.15) is 17.7 Å². The van der Waals surface area contributed by atoms with Gasteiger partial charge in [-0.1, -0.05) is 36.4 Å². The van der Waals surface area contributed by atoms with Gasteiger partial charge in [0.05, 0.1) is 11.4 Å². The molecule has 1 N–H and O–H groups in total. The van der Waals surface area contributed by atoms with Crippen molar-refractivity contribution in [1.82, 2.24) is 19.9 Å². The van der Waals surface area contributed by atoms with E-state index in [0.29, 0.717) is 17.3 Å². The Labute approximate surface area is 153 Å². The molecule has 0 bridgehead atoms. The van der Waals surface area contributed by atoms with Gasteiger partial charge in [0, 0.05) is 26.4 Å². The lowest BCUT2D eigenvalue weighted by Gasteiger charge is -2.23. The molecule has 1 amide bonds. The van der Waals surface area contributed by atoms with Crippen molar-refractivity contribution in [3.63, 3.8) is 0 Å². The minimum Gasteiger partial charge on any atom is -0.355 e. The Balaban J connectivity index is 1.97. The SMILES string of the molecule is Cc1nc(NC(C(=O)N(C)C)c2ccccc2)cc(-c2ccccn2)n1. The number of nitrogens with zero attached hydrogens (tertiary/aromatic N) is 4. The molecule has 0 spiro atoms. The van der Waals surface area contributed by atoms with Crippen molar-refractivity contribution in [2.45, 2.75) is 13.0 Å². The predicted octanol–water partition coefficient (Wildman–Crippen LogP) is 3.09. The molecule has 0 aliphatic carbocycles. The third-order valence-electron chi connectivity index (χ3n) is 3.88. The molecule has 2 aromatic heterocycles. The van der Waals surface area contributed by atoms with Crippen LogP contribution in [0.25, 0.3) is 11.4 Å². The molecule has 1 aromatic carbocycles. The highest BCUT2D eigenvalue weighted by atomic mass is 16.2. The van der Waals surface area contributed by atoms with E-state index in [1.807, 2.05) is 61.5 Å². The summed E-state index contributed by atoms with van der Waals surface area (Å²) in [7, 11) is 3.48. The van der Waals surface area contributed by atoms with Gasteiger partial charge in [-0.15, -0.1) is 0 Å². The molecule has 2 heterocycles. The van der Waals surface area contributed by atoms with Crippen molar-refractivity contribution >= 4 is 11.7 Å². The number of carbonyl (C=O) groups excluding carboxylic acids is 1. The van der Waals surface area contributed by atoms with Crippen molar-refractivity contribution in [3.8, 4) is 11.4 Å². The summed E-state index contributed by atoms with van der Waals surface area (Å²) in [5, 5.41) is 3.26. The Morgan fingerprint density at radius 1 is 1.00 bits per heavy atom. The van der Waals surface area contributed by atoms with Crippen LogP contribution in [-0.2, 0) is 4.79 Å². The lowest BCUT2D eigenvalue weighted by molar-refractivity contribution is -0.129. The third-order valence-corrected chi connectivity index (χ3v) is 3.88. The largest absolute Gasteiger partial charge is 0.355 e. The number of aryl methyl sites for hydroxylation is 1. The van der Waals surface area contributed by atoms with Gasteiger partial charge in [-0.05, 0) is 24.6 Å². The molecule has 1 unspecified atom stereocenters. The second-order valence-corrected chi connectivity index (χ2v) is 6.12. The van der Waals surface area contributed by atoms with E-state index in [0.717, 1.165) is 11.3 Å². The summed E-state index contributed by atoms with van der Waals surface area (Å²) in [5.41, 5.74) is 2.35. The Hall–Kier alpha value is -3.28. The van der Waals surface area contributed by atoms with Crippen molar-refractivity contribution in [2.24, 2.45) is 0 Å². The van der Waals surface area contributed by atoms with Crippen molar-refractivity contribution in [3.05, 3.63) is 72.2 Å². The number of carbonyl (C=O) groups is 1. The summed E-state index contributed by atoms with van der Waals surface area (Å²) >= 11 is 0. The van der Waals surface area contributed by atoms with E-state index in [-0.39, 0.29) is 5.91 Å². The number of hydrogen-bond donors (Lipinski definition) is 1. The number of likely N-dealkylation sites (N-methyl/N-ethyl adjacent to an activating group) is 1. The first-order chi connectivity index (χ1) is 12.5. The predicted molar refractivity (Wildman–Crippen MR) is 101 cm³/mol. The number of benzene rings is 1. The molecule has 0 aliphatic heterocycles. The zero-order valence-corrected chi connectivity index (χ0v) is 15.0. The first-order valence-corrected chi connectivity index (χ1v) is 8.34. The zero-order valence-electron chi connectivity index (χ0n) is 15.0. The van der Waals surface area contributed by atoms with Gasteiger partial charge in [0.15, 0.2) is 0 Å². The number of pyridine rings is 1. The quantitative estimate of drug-likeness (QED) is 0.768.